The molecule has 1 aromatic carbocycles. The molecule has 0 aliphatic carbocycles. The molecule has 108 valence electrons. The molecule has 20 heavy (non-hydrogen) atoms. The Morgan fingerprint density at radius 1 is 1.40 bits per heavy atom. The molecule has 0 bridgehead atoms. The van der Waals surface area contributed by atoms with Crippen molar-refractivity contribution in [3.63, 3.8) is 0 Å². The number of fused-ring (bicyclic) bond motifs is 1. The van der Waals surface area contributed by atoms with Gasteiger partial charge in [0.15, 0.2) is 0 Å². The number of ether oxygens (including phenoxy) is 1. The molecule has 2 heterocycles. The van der Waals surface area contributed by atoms with Gasteiger partial charge in [-0.25, -0.2) is 0 Å². The molecule has 1 fully saturated rings. The monoisotopic (exact) mass is 275 g/mol. The largest absolute Gasteiger partial charge is 0.490 e. The topological polar surface area (TPSA) is 53.6 Å². The summed E-state index contributed by atoms with van der Waals surface area (Å²) < 4.78 is 5.61. The molecule has 2 aliphatic heterocycles. The molecule has 2 N–H and O–H groups in total. The van der Waals surface area contributed by atoms with E-state index in [1.54, 1.807) is 0 Å². The summed E-state index contributed by atoms with van der Waals surface area (Å²) in [6.07, 6.45) is 1.83. The molecule has 1 saturated heterocycles. The van der Waals surface area contributed by atoms with E-state index in [1.807, 2.05) is 25.2 Å². The first-order valence-electron chi connectivity index (χ1n) is 7.23. The van der Waals surface area contributed by atoms with E-state index in [-0.39, 0.29) is 11.8 Å². The lowest BCUT2D eigenvalue weighted by Gasteiger charge is -2.28. The number of anilines is 2. The van der Waals surface area contributed by atoms with E-state index < -0.39 is 0 Å². The Hall–Kier alpha value is -1.75. The van der Waals surface area contributed by atoms with Gasteiger partial charge in [-0.15, -0.1) is 0 Å². The summed E-state index contributed by atoms with van der Waals surface area (Å²) in [5.74, 6) is 1.14. The van der Waals surface area contributed by atoms with Crippen LogP contribution >= 0.6 is 0 Å². The molecule has 0 spiro atoms. The summed E-state index contributed by atoms with van der Waals surface area (Å²) >= 11 is 0. The molecule has 0 atom stereocenters. The van der Waals surface area contributed by atoms with Crippen LogP contribution in [0.4, 0.5) is 11.4 Å². The highest BCUT2D eigenvalue weighted by Crippen LogP contribution is 2.33. The molecule has 0 radical (unpaired) electrons. The highest BCUT2D eigenvalue weighted by molar-refractivity contribution is 5.93. The van der Waals surface area contributed by atoms with Crippen LogP contribution in [0.5, 0.6) is 5.75 Å². The van der Waals surface area contributed by atoms with Crippen molar-refractivity contribution in [2.75, 3.05) is 43.5 Å². The summed E-state index contributed by atoms with van der Waals surface area (Å²) in [4.78, 5) is 14.4. The van der Waals surface area contributed by atoms with Gasteiger partial charge in [0.25, 0.3) is 0 Å². The average molecular weight is 275 g/mol. The molecule has 1 aromatic rings. The van der Waals surface area contributed by atoms with Crippen LogP contribution in [0.25, 0.3) is 0 Å². The van der Waals surface area contributed by atoms with E-state index in [2.05, 4.69) is 15.5 Å². The molecule has 0 unspecified atom stereocenters. The number of amides is 1. The summed E-state index contributed by atoms with van der Waals surface area (Å²) in [6.45, 7) is 3.45. The molecule has 2 aliphatic rings. The molecule has 1 amide bonds. The summed E-state index contributed by atoms with van der Waals surface area (Å²) in [5.41, 5.74) is 1.89. The first-order chi connectivity index (χ1) is 9.74. The SMILES string of the molecule is CN1CCOc2ccc(NC(=O)C3CCNCC3)cc21. The molecular weight excluding hydrogens is 254 g/mol. The van der Waals surface area contributed by atoms with Gasteiger partial charge in [-0.05, 0) is 44.1 Å². The minimum absolute atomic E-state index is 0.126. The quantitative estimate of drug-likeness (QED) is 0.858. The number of hydrogen-bond donors (Lipinski definition) is 2. The highest BCUT2D eigenvalue weighted by atomic mass is 16.5. The summed E-state index contributed by atoms with van der Waals surface area (Å²) in [5, 5.41) is 6.31. The van der Waals surface area contributed by atoms with Gasteiger partial charge in [0.2, 0.25) is 5.91 Å². The van der Waals surface area contributed by atoms with Crippen molar-refractivity contribution >= 4 is 17.3 Å². The van der Waals surface area contributed by atoms with E-state index in [0.717, 1.165) is 49.6 Å². The first kappa shape index (κ1) is 13.2. The van der Waals surface area contributed by atoms with Crippen molar-refractivity contribution in [2.45, 2.75) is 12.8 Å². The predicted molar refractivity (Wildman–Crippen MR) is 79.4 cm³/mol. The van der Waals surface area contributed by atoms with Crippen molar-refractivity contribution in [3.05, 3.63) is 18.2 Å². The van der Waals surface area contributed by atoms with E-state index >= 15 is 0 Å². The van der Waals surface area contributed by atoms with E-state index in [9.17, 15) is 4.79 Å². The number of nitrogens with zero attached hydrogens (tertiary/aromatic N) is 1. The van der Waals surface area contributed by atoms with Gasteiger partial charge in [-0.1, -0.05) is 0 Å². The first-order valence-corrected chi connectivity index (χ1v) is 7.23. The lowest BCUT2D eigenvalue weighted by molar-refractivity contribution is -0.120. The number of likely N-dealkylation sites (N-methyl/N-ethyl adjacent to an activating group) is 1. The van der Waals surface area contributed by atoms with Crippen LogP contribution in [0.3, 0.4) is 0 Å². The Balaban J connectivity index is 1.71. The average Bonchev–Trinajstić information content (AvgIpc) is 2.49. The molecule has 3 rings (SSSR count). The molecule has 0 aromatic heterocycles. The molecule has 0 saturated carbocycles. The van der Waals surface area contributed by atoms with E-state index in [4.69, 9.17) is 4.74 Å². The number of benzene rings is 1. The van der Waals surface area contributed by atoms with Gasteiger partial charge in [0.1, 0.15) is 12.4 Å². The zero-order chi connectivity index (χ0) is 13.9. The van der Waals surface area contributed by atoms with Crippen molar-refractivity contribution < 1.29 is 9.53 Å². The maximum absolute atomic E-state index is 12.2. The summed E-state index contributed by atoms with van der Waals surface area (Å²) in [6, 6.07) is 5.84. The summed E-state index contributed by atoms with van der Waals surface area (Å²) in [7, 11) is 2.04. The maximum atomic E-state index is 12.2. The third kappa shape index (κ3) is 2.72. The number of carbonyl (C=O) groups excluding carboxylic acids is 1. The number of carbonyl (C=O) groups is 1. The van der Waals surface area contributed by atoms with Crippen LogP contribution < -0.4 is 20.3 Å². The minimum atomic E-state index is 0.126. The smallest absolute Gasteiger partial charge is 0.227 e. The standard InChI is InChI=1S/C15H21N3O2/c1-18-8-9-20-14-3-2-12(10-13(14)18)17-15(19)11-4-6-16-7-5-11/h2-3,10-11,16H,4-9H2,1H3,(H,17,19). The highest BCUT2D eigenvalue weighted by Gasteiger charge is 2.22. The maximum Gasteiger partial charge on any atom is 0.227 e. The van der Waals surface area contributed by atoms with Gasteiger partial charge >= 0.3 is 0 Å². The Bertz CT molecular complexity index is 498. The predicted octanol–water partition coefficient (Wildman–Crippen LogP) is 1.45. The number of rotatable bonds is 2. The zero-order valence-corrected chi connectivity index (χ0v) is 11.8. The fraction of sp³-hybridized carbons (Fsp3) is 0.533. The number of hydrogen-bond acceptors (Lipinski definition) is 4. The normalized spacial score (nSPS) is 19.1. The van der Waals surface area contributed by atoms with Crippen molar-refractivity contribution in [2.24, 2.45) is 5.92 Å². The van der Waals surface area contributed by atoms with Crippen LogP contribution in [0, 0.1) is 5.92 Å². The van der Waals surface area contributed by atoms with Crippen molar-refractivity contribution in [1.82, 2.24) is 5.32 Å². The van der Waals surface area contributed by atoms with Crippen LogP contribution in [-0.2, 0) is 4.79 Å². The molecule has 5 nitrogen and oxygen atoms in total. The zero-order valence-electron chi connectivity index (χ0n) is 11.8. The third-order valence-corrected chi connectivity index (χ3v) is 4.03. The second-order valence-corrected chi connectivity index (χ2v) is 5.47. The van der Waals surface area contributed by atoms with Gasteiger partial charge in [0.05, 0.1) is 12.2 Å². The van der Waals surface area contributed by atoms with Crippen molar-refractivity contribution in [1.29, 1.82) is 0 Å². The van der Waals surface area contributed by atoms with Crippen LogP contribution in [0.1, 0.15) is 12.8 Å². The van der Waals surface area contributed by atoms with Crippen LogP contribution in [0.2, 0.25) is 0 Å². The van der Waals surface area contributed by atoms with E-state index in [0.29, 0.717) is 6.61 Å². The molecular formula is C15H21N3O2. The number of piperidine rings is 1. The fourth-order valence-corrected chi connectivity index (χ4v) is 2.76. The third-order valence-electron chi connectivity index (χ3n) is 4.03. The van der Waals surface area contributed by atoms with Crippen LogP contribution in [0.15, 0.2) is 18.2 Å². The van der Waals surface area contributed by atoms with Gasteiger partial charge < -0.3 is 20.3 Å². The second-order valence-electron chi connectivity index (χ2n) is 5.47. The van der Waals surface area contributed by atoms with Gasteiger partial charge in [-0.3, -0.25) is 4.79 Å². The van der Waals surface area contributed by atoms with Gasteiger partial charge in [0, 0.05) is 18.7 Å². The Morgan fingerprint density at radius 3 is 3.00 bits per heavy atom. The lowest BCUT2D eigenvalue weighted by atomic mass is 9.97. The molecule has 5 heteroatoms. The Kier molecular flexibility index (Phi) is 3.78. The lowest BCUT2D eigenvalue weighted by Crippen LogP contribution is -2.34. The minimum Gasteiger partial charge on any atom is -0.490 e. The Labute approximate surface area is 119 Å². The van der Waals surface area contributed by atoms with Crippen molar-refractivity contribution in [3.8, 4) is 5.75 Å². The van der Waals surface area contributed by atoms with E-state index in [1.165, 1.54) is 0 Å². The Morgan fingerprint density at radius 2 is 2.20 bits per heavy atom. The van der Waals surface area contributed by atoms with Gasteiger partial charge in [-0.2, -0.15) is 0 Å². The van der Waals surface area contributed by atoms with Crippen LogP contribution in [-0.4, -0.2) is 39.2 Å². The number of nitrogens with one attached hydrogen (secondary N) is 2. The fourth-order valence-electron chi connectivity index (χ4n) is 2.76. The second kappa shape index (κ2) is 5.71.